The summed E-state index contributed by atoms with van der Waals surface area (Å²) in [5.41, 5.74) is 16.6. The molecule has 87 heavy (non-hydrogen) atoms. The first-order valence-corrected chi connectivity index (χ1v) is 29.3. The van der Waals surface area contributed by atoms with Crippen molar-refractivity contribution in [1.29, 1.82) is 0 Å². The monoisotopic (exact) mass is 1120 g/mol. The molecule has 0 aliphatic heterocycles. The lowest BCUT2D eigenvalue weighted by atomic mass is 9.96. The van der Waals surface area contributed by atoms with E-state index in [1.807, 2.05) is 6.07 Å². The van der Waals surface area contributed by atoms with Crippen molar-refractivity contribution in [2.24, 2.45) is 0 Å². The van der Waals surface area contributed by atoms with Crippen molar-refractivity contribution in [3.8, 4) is 50.7 Å². The number of hydrogen-bond donors (Lipinski definition) is 0. The van der Waals surface area contributed by atoms with Gasteiger partial charge < -0.3 is 22.8 Å². The molecule has 0 saturated heterocycles. The summed E-state index contributed by atoms with van der Waals surface area (Å²) in [5.74, 6) is 0. The first-order chi connectivity index (χ1) is 42.9. The molecule has 0 unspecified atom stereocenters. The molecule has 18 aromatic rings. The van der Waals surface area contributed by atoms with E-state index in [1.54, 1.807) is 6.07 Å². The zero-order valence-corrected chi connectivity index (χ0v) is 46.6. The molecule has 410 valence electrons. The number of aromatic nitrogens is 5. The van der Waals surface area contributed by atoms with Gasteiger partial charge in [0.05, 0.1) is 83.5 Å². The average molecular weight is 1120 g/mol. The summed E-state index contributed by atoms with van der Waals surface area (Å²) < 4.78 is 58.2. The fourth-order valence-electron chi connectivity index (χ4n) is 14.5. The van der Waals surface area contributed by atoms with Crippen LogP contribution in [0.1, 0.15) is 5.56 Å². The van der Waals surface area contributed by atoms with Crippen molar-refractivity contribution in [3.05, 3.63) is 297 Å². The lowest BCUT2D eigenvalue weighted by Crippen LogP contribution is -2.14. The number of halogens is 3. The van der Waals surface area contributed by atoms with E-state index in [1.165, 1.54) is 22.9 Å². The molecule has 0 spiro atoms. The molecule has 5 heterocycles. The molecule has 18 rings (SSSR count). The number of nitrogens with zero attached hydrogens (tertiary/aromatic N) is 5. The van der Waals surface area contributed by atoms with Crippen LogP contribution in [0, 0.1) is 0 Å². The molecular weight excluding hydrogens is 1080 g/mol. The molecule has 5 aromatic heterocycles. The lowest BCUT2D eigenvalue weighted by molar-refractivity contribution is -0.137. The van der Waals surface area contributed by atoms with Crippen molar-refractivity contribution >= 4 is 109 Å². The summed E-state index contributed by atoms with van der Waals surface area (Å²) in [5, 5.41) is 10.7. The Kier molecular flexibility index (Phi) is 10.5. The number of fused-ring (bicyclic) bond motifs is 15. The maximum Gasteiger partial charge on any atom is 0.416 e. The Morgan fingerprint density at radius 3 is 0.977 bits per heavy atom. The molecule has 13 aromatic carbocycles. The van der Waals surface area contributed by atoms with Gasteiger partial charge in [-0.2, -0.15) is 13.2 Å². The number of hydrogen-bond acceptors (Lipinski definition) is 0. The fourth-order valence-corrected chi connectivity index (χ4v) is 14.5. The van der Waals surface area contributed by atoms with Gasteiger partial charge in [-0.3, -0.25) is 0 Å². The van der Waals surface area contributed by atoms with Gasteiger partial charge in [0.2, 0.25) is 0 Å². The predicted octanol–water partition coefficient (Wildman–Crippen LogP) is 21.5. The van der Waals surface area contributed by atoms with Crippen LogP contribution in [0.5, 0.6) is 0 Å². The van der Waals surface area contributed by atoms with Gasteiger partial charge in [0.25, 0.3) is 0 Å². The molecule has 8 heteroatoms. The van der Waals surface area contributed by atoms with E-state index in [-0.39, 0.29) is 0 Å². The first kappa shape index (κ1) is 49.1. The van der Waals surface area contributed by atoms with E-state index in [9.17, 15) is 0 Å². The molecule has 0 radical (unpaired) electrons. The highest BCUT2D eigenvalue weighted by atomic mass is 19.4. The summed E-state index contributed by atoms with van der Waals surface area (Å²) in [6.07, 6.45) is -4.62. The van der Waals surface area contributed by atoms with Crippen molar-refractivity contribution < 1.29 is 13.2 Å². The van der Waals surface area contributed by atoms with Crippen LogP contribution in [0.25, 0.3) is 160 Å². The molecule has 0 aliphatic carbocycles. The van der Waals surface area contributed by atoms with Gasteiger partial charge in [-0.1, -0.05) is 188 Å². The molecule has 0 saturated carbocycles. The largest absolute Gasteiger partial charge is 0.416 e. The van der Waals surface area contributed by atoms with Gasteiger partial charge in [0, 0.05) is 65.1 Å². The lowest BCUT2D eigenvalue weighted by Gasteiger charge is -2.28. The molecule has 0 fully saturated rings. The third kappa shape index (κ3) is 7.16. The number of benzene rings is 13. The molecule has 0 amide bonds. The minimum absolute atomic E-state index is 0.424. The maximum atomic E-state index is 15.4. The molecule has 0 N–H and O–H groups in total. The van der Waals surface area contributed by atoms with Crippen LogP contribution < -0.4 is 0 Å². The minimum atomic E-state index is -4.62. The summed E-state index contributed by atoms with van der Waals surface area (Å²) in [6.45, 7) is 0. The molecule has 5 nitrogen and oxygen atoms in total. The quantitative estimate of drug-likeness (QED) is 0.152. The SMILES string of the molecule is FC(F)(F)c1cccc(-c2cc(-n3c4ccccc4c4ccccc43)c(-n3c4ccccc4c4cc(-c5ccc6c(c5)c5ccccc5n6-c5ccccc5)ccc43)c(-n3c4ccccc4c4ccccc43)c2-n2c3ccccc3c3ccccc32)c1. The standard InChI is InChI=1S/C79H48F3N5/c80-79(81,82)52-22-20-21-51(45-52)62-48-75(84-66-34-13-4-25-54(66)55-26-5-14-35-67(55)84)77(78(87-70-38-17-8-29-58(70)59-30-9-18-39-71(59)87)76(62)85-68-36-15-6-27-56(68)57-28-7-16-37-69(57)85)86-72-40-19-11-32-61(72)64-47-50(42-44-74(64)86)49-41-43-73-63(46-49)60-31-10-12-33-65(60)83(73)53-23-2-1-3-24-53/h1-48H. The average Bonchev–Trinajstić information content (AvgIpc) is 1.68. The highest BCUT2D eigenvalue weighted by molar-refractivity contribution is 6.17. The third-order valence-corrected chi connectivity index (χ3v) is 18.1. The second-order valence-electron chi connectivity index (χ2n) is 22.7. The zero-order valence-electron chi connectivity index (χ0n) is 46.6. The summed E-state index contributed by atoms with van der Waals surface area (Å²) >= 11 is 0. The number of para-hydroxylation sites is 9. The van der Waals surface area contributed by atoms with Crippen molar-refractivity contribution in [2.45, 2.75) is 6.18 Å². The smallest absolute Gasteiger partial charge is 0.309 e. The highest BCUT2D eigenvalue weighted by Gasteiger charge is 2.34. The van der Waals surface area contributed by atoms with Crippen LogP contribution in [0.3, 0.4) is 0 Å². The molecule has 0 bridgehead atoms. The third-order valence-electron chi connectivity index (χ3n) is 18.1. The van der Waals surface area contributed by atoms with Crippen LogP contribution in [-0.4, -0.2) is 22.8 Å². The Morgan fingerprint density at radius 1 is 0.218 bits per heavy atom. The maximum absolute atomic E-state index is 15.4. The van der Waals surface area contributed by atoms with E-state index in [0.717, 1.165) is 138 Å². The molecule has 0 atom stereocenters. The van der Waals surface area contributed by atoms with Crippen molar-refractivity contribution in [2.75, 3.05) is 0 Å². The van der Waals surface area contributed by atoms with E-state index in [0.29, 0.717) is 11.1 Å². The molecule has 0 aliphatic rings. The van der Waals surface area contributed by atoms with Crippen LogP contribution in [-0.2, 0) is 6.18 Å². The zero-order chi connectivity index (χ0) is 57.6. The second-order valence-corrected chi connectivity index (χ2v) is 22.7. The summed E-state index contributed by atoms with van der Waals surface area (Å²) in [4.78, 5) is 0. The van der Waals surface area contributed by atoms with Crippen molar-refractivity contribution in [3.63, 3.8) is 0 Å². The van der Waals surface area contributed by atoms with Gasteiger partial charge in [-0.25, -0.2) is 0 Å². The van der Waals surface area contributed by atoms with E-state index >= 15 is 13.2 Å². The van der Waals surface area contributed by atoms with Crippen LogP contribution in [0.15, 0.2) is 291 Å². The Hall–Kier alpha value is -11.4. The van der Waals surface area contributed by atoms with Crippen molar-refractivity contribution in [1.82, 2.24) is 22.8 Å². The topological polar surface area (TPSA) is 24.6 Å². The van der Waals surface area contributed by atoms with Gasteiger partial charge in [0.1, 0.15) is 0 Å². The summed E-state index contributed by atoms with van der Waals surface area (Å²) in [6, 6.07) is 100. The second kappa shape index (κ2) is 18.6. The van der Waals surface area contributed by atoms with Gasteiger partial charge >= 0.3 is 6.18 Å². The Morgan fingerprint density at radius 2 is 0.552 bits per heavy atom. The highest BCUT2D eigenvalue weighted by Crippen LogP contribution is 2.51. The van der Waals surface area contributed by atoms with Crippen LogP contribution in [0.4, 0.5) is 13.2 Å². The van der Waals surface area contributed by atoms with Crippen LogP contribution >= 0.6 is 0 Å². The van der Waals surface area contributed by atoms with Crippen LogP contribution in [0.2, 0.25) is 0 Å². The van der Waals surface area contributed by atoms with Gasteiger partial charge in [0.15, 0.2) is 0 Å². The number of rotatable bonds is 7. The first-order valence-electron chi connectivity index (χ1n) is 29.3. The van der Waals surface area contributed by atoms with E-state index < -0.39 is 11.7 Å². The number of alkyl halides is 3. The Bertz CT molecular complexity index is 5730. The fraction of sp³-hybridized carbons (Fsp3) is 0.0127. The minimum Gasteiger partial charge on any atom is -0.309 e. The predicted molar refractivity (Wildman–Crippen MR) is 354 cm³/mol. The Balaban J connectivity index is 1.05. The van der Waals surface area contributed by atoms with Gasteiger partial charge in [-0.05, 0) is 120 Å². The molecular formula is C79H48F3N5. The normalized spacial score (nSPS) is 12.3. The van der Waals surface area contributed by atoms with E-state index in [2.05, 4.69) is 290 Å². The summed E-state index contributed by atoms with van der Waals surface area (Å²) in [7, 11) is 0. The van der Waals surface area contributed by atoms with Gasteiger partial charge in [-0.15, -0.1) is 0 Å². The Labute approximate surface area is 496 Å². The van der Waals surface area contributed by atoms with E-state index in [4.69, 9.17) is 0 Å².